The first-order chi connectivity index (χ1) is 12.0. The second-order valence-electron chi connectivity index (χ2n) is 5.21. The predicted molar refractivity (Wildman–Crippen MR) is 97.7 cm³/mol. The summed E-state index contributed by atoms with van der Waals surface area (Å²) in [6, 6.07) is 12.3. The standard InChI is InChI=1S/C17H14Cl2N4O2/c1-10(24)16-17(20-12-5-8-15(25-2)14(19)9-12)23(22-21-16)13-6-3-11(18)4-7-13/h3-9,20H,1-2H3. The first kappa shape index (κ1) is 17.3. The summed E-state index contributed by atoms with van der Waals surface area (Å²) in [5.41, 5.74) is 1.61. The molecule has 3 aromatic rings. The fraction of sp³-hybridized carbons (Fsp3) is 0.118. The highest BCUT2D eigenvalue weighted by Crippen LogP contribution is 2.30. The summed E-state index contributed by atoms with van der Waals surface area (Å²) in [4.78, 5) is 11.9. The first-order valence-electron chi connectivity index (χ1n) is 7.32. The number of methoxy groups -OCH3 is 1. The Hall–Kier alpha value is -2.57. The van der Waals surface area contributed by atoms with Gasteiger partial charge in [-0.3, -0.25) is 4.79 Å². The minimum absolute atomic E-state index is 0.206. The Labute approximate surface area is 154 Å². The molecule has 25 heavy (non-hydrogen) atoms. The zero-order valence-electron chi connectivity index (χ0n) is 13.5. The van der Waals surface area contributed by atoms with Crippen LogP contribution in [0.3, 0.4) is 0 Å². The molecule has 0 unspecified atom stereocenters. The van der Waals surface area contributed by atoms with Crippen LogP contribution in [-0.2, 0) is 0 Å². The summed E-state index contributed by atoms with van der Waals surface area (Å²) in [6.07, 6.45) is 0. The molecule has 128 valence electrons. The van der Waals surface area contributed by atoms with Crippen molar-refractivity contribution < 1.29 is 9.53 Å². The second-order valence-corrected chi connectivity index (χ2v) is 6.05. The molecule has 1 N–H and O–H groups in total. The molecule has 0 saturated heterocycles. The molecule has 0 aliphatic carbocycles. The van der Waals surface area contributed by atoms with Crippen molar-refractivity contribution in [1.82, 2.24) is 15.0 Å². The van der Waals surface area contributed by atoms with Crippen molar-refractivity contribution in [1.29, 1.82) is 0 Å². The average Bonchev–Trinajstić information content (AvgIpc) is 2.99. The van der Waals surface area contributed by atoms with Gasteiger partial charge in [0.2, 0.25) is 0 Å². The van der Waals surface area contributed by atoms with Crippen molar-refractivity contribution >= 4 is 40.5 Å². The smallest absolute Gasteiger partial charge is 0.183 e. The lowest BCUT2D eigenvalue weighted by molar-refractivity contribution is 0.101. The number of hydrogen-bond donors (Lipinski definition) is 1. The lowest BCUT2D eigenvalue weighted by Gasteiger charge is -2.11. The van der Waals surface area contributed by atoms with Gasteiger partial charge in [0.15, 0.2) is 17.3 Å². The number of nitrogens with one attached hydrogen (secondary N) is 1. The first-order valence-corrected chi connectivity index (χ1v) is 8.08. The van der Waals surface area contributed by atoms with Crippen LogP contribution < -0.4 is 10.1 Å². The largest absolute Gasteiger partial charge is 0.495 e. The number of carbonyl (C=O) groups is 1. The molecular formula is C17H14Cl2N4O2. The molecule has 0 fully saturated rings. The highest BCUT2D eigenvalue weighted by atomic mass is 35.5. The molecule has 0 amide bonds. The number of halogens is 2. The Morgan fingerprint density at radius 2 is 1.88 bits per heavy atom. The molecular weight excluding hydrogens is 363 g/mol. The van der Waals surface area contributed by atoms with Crippen molar-refractivity contribution in [3.05, 3.63) is 58.2 Å². The maximum atomic E-state index is 11.9. The van der Waals surface area contributed by atoms with Gasteiger partial charge in [0.1, 0.15) is 5.75 Å². The Morgan fingerprint density at radius 1 is 1.16 bits per heavy atom. The zero-order valence-corrected chi connectivity index (χ0v) is 15.0. The third-order valence-electron chi connectivity index (χ3n) is 3.49. The Kier molecular flexibility index (Phi) is 4.92. The van der Waals surface area contributed by atoms with Gasteiger partial charge in [0.05, 0.1) is 17.8 Å². The second kappa shape index (κ2) is 7.13. The molecule has 3 rings (SSSR count). The number of rotatable bonds is 5. The van der Waals surface area contributed by atoms with Gasteiger partial charge < -0.3 is 10.1 Å². The summed E-state index contributed by atoms with van der Waals surface area (Å²) in [5.74, 6) is 0.793. The molecule has 8 heteroatoms. The normalized spacial score (nSPS) is 10.6. The maximum Gasteiger partial charge on any atom is 0.183 e. The molecule has 2 aromatic carbocycles. The lowest BCUT2D eigenvalue weighted by atomic mass is 10.2. The number of aromatic nitrogens is 3. The summed E-state index contributed by atoms with van der Waals surface area (Å²) >= 11 is 12.1. The Morgan fingerprint density at radius 3 is 2.48 bits per heavy atom. The number of ketones is 1. The average molecular weight is 377 g/mol. The van der Waals surface area contributed by atoms with Crippen molar-refractivity contribution in [3.63, 3.8) is 0 Å². The van der Waals surface area contributed by atoms with E-state index in [1.807, 2.05) is 0 Å². The van der Waals surface area contributed by atoms with Gasteiger partial charge in [-0.25, -0.2) is 0 Å². The minimum Gasteiger partial charge on any atom is -0.495 e. The summed E-state index contributed by atoms with van der Waals surface area (Å²) in [5, 5.41) is 12.3. The van der Waals surface area contributed by atoms with E-state index in [1.165, 1.54) is 11.6 Å². The summed E-state index contributed by atoms with van der Waals surface area (Å²) in [7, 11) is 1.54. The number of benzene rings is 2. The maximum absolute atomic E-state index is 11.9. The number of ether oxygens (including phenoxy) is 1. The molecule has 0 atom stereocenters. The molecule has 1 heterocycles. The Bertz CT molecular complexity index is 923. The number of nitrogens with zero attached hydrogens (tertiary/aromatic N) is 3. The van der Waals surface area contributed by atoms with E-state index in [2.05, 4.69) is 15.6 Å². The highest BCUT2D eigenvalue weighted by molar-refractivity contribution is 6.32. The lowest BCUT2D eigenvalue weighted by Crippen LogP contribution is -2.05. The van der Waals surface area contributed by atoms with E-state index in [1.54, 1.807) is 49.6 Å². The van der Waals surface area contributed by atoms with Crippen LogP contribution in [0.5, 0.6) is 5.75 Å². The van der Waals surface area contributed by atoms with Gasteiger partial charge >= 0.3 is 0 Å². The highest BCUT2D eigenvalue weighted by Gasteiger charge is 2.18. The number of Topliss-reactive ketones (excluding diaryl/α,β-unsaturated/α-hetero) is 1. The van der Waals surface area contributed by atoms with Gasteiger partial charge in [-0.15, -0.1) is 5.10 Å². The summed E-state index contributed by atoms with van der Waals surface area (Å²) in [6.45, 7) is 1.43. The zero-order chi connectivity index (χ0) is 18.0. The molecule has 0 saturated carbocycles. The van der Waals surface area contributed by atoms with Gasteiger partial charge in [0.25, 0.3) is 0 Å². The fourth-order valence-electron chi connectivity index (χ4n) is 2.28. The van der Waals surface area contributed by atoms with Gasteiger partial charge in [0, 0.05) is 17.6 Å². The number of carbonyl (C=O) groups excluding carboxylic acids is 1. The van der Waals surface area contributed by atoms with E-state index in [-0.39, 0.29) is 11.5 Å². The van der Waals surface area contributed by atoms with Crippen LogP contribution in [0.2, 0.25) is 10.0 Å². The van der Waals surface area contributed by atoms with E-state index >= 15 is 0 Å². The molecule has 0 bridgehead atoms. The molecule has 0 aliphatic heterocycles. The topological polar surface area (TPSA) is 69.0 Å². The molecule has 0 radical (unpaired) electrons. The van der Waals surface area contributed by atoms with Crippen LogP contribution in [0.15, 0.2) is 42.5 Å². The van der Waals surface area contributed by atoms with Crippen molar-refractivity contribution in [3.8, 4) is 11.4 Å². The molecule has 1 aromatic heterocycles. The van der Waals surface area contributed by atoms with Crippen LogP contribution in [0, 0.1) is 0 Å². The van der Waals surface area contributed by atoms with Crippen molar-refractivity contribution in [2.45, 2.75) is 6.92 Å². The Balaban J connectivity index is 2.04. The SMILES string of the molecule is COc1ccc(Nc2c(C(C)=O)nnn2-c2ccc(Cl)cc2)cc1Cl. The summed E-state index contributed by atoms with van der Waals surface area (Å²) < 4.78 is 6.68. The minimum atomic E-state index is -0.206. The van der Waals surface area contributed by atoms with Gasteiger partial charge in [-0.1, -0.05) is 28.4 Å². The monoisotopic (exact) mass is 376 g/mol. The predicted octanol–water partition coefficient (Wildman–Crippen LogP) is 4.53. The number of anilines is 2. The molecule has 0 aliphatic rings. The van der Waals surface area contributed by atoms with Crippen molar-refractivity contribution in [2.75, 3.05) is 12.4 Å². The van der Waals surface area contributed by atoms with Crippen LogP contribution in [0.4, 0.5) is 11.5 Å². The van der Waals surface area contributed by atoms with Crippen molar-refractivity contribution in [2.24, 2.45) is 0 Å². The third kappa shape index (κ3) is 3.60. The number of hydrogen-bond acceptors (Lipinski definition) is 5. The third-order valence-corrected chi connectivity index (χ3v) is 4.04. The molecule has 6 nitrogen and oxygen atoms in total. The van der Waals surface area contributed by atoms with E-state index in [0.717, 1.165) is 0 Å². The van der Waals surface area contributed by atoms with Crippen LogP contribution in [0.1, 0.15) is 17.4 Å². The van der Waals surface area contributed by atoms with Crippen LogP contribution in [-0.4, -0.2) is 27.9 Å². The van der Waals surface area contributed by atoms with E-state index in [4.69, 9.17) is 27.9 Å². The van der Waals surface area contributed by atoms with E-state index < -0.39 is 0 Å². The quantitative estimate of drug-likeness (QED) is 0.662. The van der Waals surface area contributed by atoms with E-state index in [0.29, 0.717) is 33.0 Å². The fourth-order valence-corrected chi connectivity index (χ4v) is 2.66. The van der Waals surface area contributed by atoms with E-state index in [9.17, 15) is 4.79 Å². The van der Waals surface area contributed by atoms with Crippen LogP contribution in [0.25, 0.3) is 5.69 Å². The van der Waals surface area contributed by atoms with Gasteiger partial charge in [-0.05, 0) is 42.5 Å². The van der Waals surface area contributed by atoms with Crippen LogP contribution >= 0.6 is 23.2 Å². The van der Waals surface area contributed by atoms with Gasteiger partial charge in [-0.2, -0.15) is 4.68 Å². The molecule has 0 spiro atoms.